The summed E-state index contributed by atoms with van der Waals surface area (Å²) < 4.78 is 0. The number of amides is 2. The van der Waals surface area contributed by atoms with E-state index in [1.165, 1.54) is 5.48 Å². The minimum absolute atomic E-state index is 0.388. The van der Waals surface area contributed by atoms with Crippen molar-refractivity contribution in [3.63, 3.8) is 0 Å². The number of nitrogens with one attached hydrogen (secondary N) is 3. The van der Waals surface area contributed by atoms with Crippen molar-refractivity contribution in [2.45, 2.75) is 25.6 Å². The molecule has 2 amide bonds. The minimum Gasteiger partial charge on any atom is -0.339 e. The average Bonchev–Trinajstić information content (AvgIpc) is 2.71. The zero-order chi connectivity index (χ0) is 20.5. The number of carbonyl (C=O) groups is 2. The van der Waals surface area contributed by atoms with Gasteiger partial charge in [-0.2, -0.15) is 0 Å². The monoisotopic (exact) mass is 385 g/mol. The molecule has 8 heteroatoms. The van der Waals surface area contributed by atoms with Crippen LogP contribution in [0.15, 0.2) is 48.5 Å². The molecule has 0 bridgehead atoms. The number of carbonyl (C=O) groups excluding carboxylic acids is 2. The standard InChI is InChI=1S/C20H27N5O3/c1-13(22)18(20(27)25-28)24-19(26)15-8-6-14(7-9-15)17-5-3-2-4-16(17)12-23-11-10-21/h2-9,13,18,23,28H,10-12,21-22H2,1H3,(H,24,26)(H,25,27)/t13-,18+/m1/s1. The summed E-state index contributed by atoms with van der Waals surface area (Å²) in [6.45, 7) is 3.57. The molecule has 0 heterocycles. The molecular weight excluding hydrogens is 358 g/mol. The molecule has 150 valence electrons. The molecule has 0 spiro atoms. The van der Waals surface area contributed by atoms with Gasteiger partial charge in [-0.25, -0.2) is 5.48 Å². The van der Waals surface area contributed by atoms with Crippen LogP contribution in [0.1, 0.15) is 22.8 Å². The molecule has 2 rings (SSSR count). The van der Waals surface area contributed by atoms with Crippen molar-refractivity contribution in [1.29, 1.82) is 0 Å². The van der Waals surface area contributed by atoms with Crippen LogP contribution in [0.5, 0.6) is 0 Å². The first-order valence-corrected chi connectivity index (χ1v) is 9.07. The largest absolute Gasteiger partial charge is 0.339 e. The normalized spacial score (nSPS) is 12.9. The Balaban J connectivity index is 2.15. The third kappa shape index (κ3) is 5.61. The van der Waals surface area contributed by atoms with Gasteiger partial charge < -0.3 is 22.1 Å². The van der Waals surface area contributed by atoms with Crippen molar-refractivity contribution in [2.24, 2.45) is 11.5 Å². The number of hydrogen-bond acceptors (Lipinski definition) is 6. The quantitative estimate of drug-likeness (QED) is 0.209. The molecule has 2 aromatic rings. The molecule has 0 saturated heterocycles. The van der Waals surface area contributed by atoms with Crippen LogP contribution in [0.25, 0.3) is 11.1 Å². The smallest absolute Gasteiger partial charge is 0.267 e. The molecule has 0 saturated carbocycles. The van der Waals surface area contributed by atoms with Gasteiger partial charge in [-0.3, -0.25) is 14.8 Å². The van der Waals surface area contributed by atoms with Gasteiger partial charge in [-0.1, -0.05) is 36.4 Å². The second kappa shape index (κ2) is 10.5. The van der Waals surface area contributed by atoms with Crippen LogP contribution in [-0.2, 0) is 11.3 Å². The lowest BCUT2D eigenvalue weighted by atomic mass is 9.98. The van der Waals surface area contributed by atoms with E-state index in [-0.39, 0.29) is 0 Å². The zero-order valence-electron chi connectivity index (χ0n) is 15.8. The van der Waals surface area contributed by atoms with Crippen LogP contribution in [0.4, 0.5) is 0 Å². The van der Waals surface area contributed by atoms with E-state index in [2.05, 4.69) is 10.6 Å². The highest BCUT2D eigenvalue weighted by atomic mass is 16.5. The van der Waals surface area contributed by atoms with Gasteiger partial charge in [0.15, 0.2) is 0 Å². The Labute approximate surface area is 164 Å². The highest BCUT2D eigenvalue weighted by Crippen LogP contribution is 2.24. The number of hydrogen-bond donors (Lipinski definition) is 6. The van der Waals surface area contributed by atoms with Crippen LogP contribution in [-0.4, -0.2) is 42.2 Å². The summed E-state index contributed by atoms with van der Waals surface area (Å²) in [6, 6.07) is 13.4. The van der Waals surface area contributed by atoms with Crippen molar-refractivity contribution in [3.8, 4) is 11.1 Å². The van der Waals surface area contributed by atoms with E-state index >= 15 is 0 Å². The fourth-order valence-electron chi connectivity index (χ4n) is 2.81. The summed E-state index contributed by atoms with van der Waals surface area (Å²) in [5.41, 5.74) is 16.3. The summed E-state index contributed by atoms with van der Waals surface area (Å²) in [6.07, 6.45) is 0. The third-order valence-corrected chi connectivity index (χ3v) is 4.32. The predicted molar refractivity (Wildman–Crippen MR) is 107 cm³/mol. The Hall–Kier alpha value is -2.78. The molecule has 0 aliphatic rings. The van der Waals surface area contributed by atoms with Crippen molar-refractivity contribution >= 4 is 11.8 Å². The molecule has 2 aromatic carbocycles. The highest BCUT2D eigenvalue weighted by Gasteiger charge is 2.24. The Morgan fingerprint density at radius 1 is 1.11 bits per heavy atom. The molecule has 0 unspecified atom stereocenters. The van der Waals surface area contributed by atoms with Gasteiger partial charge in [0, 0.05) is 31.2 Å². The number of nitrogens with two attached hydrogens (primary N) is 2. The summed E-state index contributed by atoms with van der Waals surface area (Å²) in [5, 5.41) is 14.6. The second-order valence-electron chi connectivity index (χ2n) is 6.49. The van der Waals surface area contributed by atoms with Crippen LogP contribution < -0.4 is 27.6 Å². The lowest BCUT2D eigenvalue weighted by Gasteiger charge is -2.20. The third-order valence-electron chi connectivity index (χ3n) is 4.32. The van der Waals surface area contributed by atoms with Gasteiger partial charge in [0.1, 0.15) is 6.04 Å². The van der Waals surface area contributed by atoms with Crippen molar-refractivity contribution in [3.05, 3.63) is 59.7 Å². The molecule has 0 aliphatic heterocycles. The number of hydroxylamine groups is 1. The lowest BCUT2D eigenvalue weighted by Crippen LogP contribution is -2.54. The molecule has 0 fully saturated rings. The summed E-state index contributed by atoms with van der Waals surface area (Å²) in [7, 11) is 0. The zero-order valence-corrected chi connectivity index (χ0v) is 15.8. The second-order valence-corrected chi connectivity index (χ2v) is 6.49. The van der Waals surface area contributed by atoms with Crippen molar-refractivity contribution in [1.82, 2.24) is 16.1 Å². The topological polar surface area (TPSA) is 142 Å². The summed E-state index contributed by atoms with van der Waals surface area (Å²) >= 11 is 0. The molecule has 28 heavy (non-hydrogen) atoms. The van der Waals surface area contributed by atoms with E-state index in [1.54, 1.807) is 19.1 Å². The van der Waals surface area contributed by atoms with Gasteiger partial charge >= 0.3 is 0 Å². The van der Waals surface area contributed by atoms with Crippen molar-refractivity contribution in [2.75, 3.05) is 13.1 Å². The average molecular weight is 385 g/mol. The van der Waals surface area contributed by atoms with Gasteiger partial charge in [0.25, 0.3) is 11.8 Å². The first-order chi connectivity index (χ1) is 13.5. The first-order valence-electron chi connectivity index (χ1n) is 9.07. The van der Waals surface area contributed by atoms with E-state index in [1.807, 2.05) is 36.4 Å². The predicted octanol–water partition coefficient (Wildman–Crippen LogP) is 0.353. The maximum Gasteiger partial charge on any atom is 0.267 e. The van der Waals surface area contributed by atoms with Gasteiger partial charge in [0.05, 0.1) is 0 Å². The molecule has 0 aliphatic carbocycles. The van der Waals surface area contributed by atoms with Crippen LogP contribution >= 0.6 is 0 Å². The highest BCUT2D eigenvalue weighted by molar-refractivity contribution is 5.98. The van der Waals surface area contributed by atoms with Gasteiger partial charge in [0.2, 0.25) is 0 Å². The van der Waals surface area contributed by atoms with Gasteiger partial charge in [-0.05, 0) is 35.7 Å². The maximum absolute atomic E-state index is 12.4. The Bertz CT molecular complexity index is 793. The van der Waals surface area contributed by atoms with Gasteiger partial charge in [-0.15, -0.1) is 0 Å². The van der Waals surface area contributed by atoms with Crippen LogP contribution in [0.2, 0.25) is 0 Å². The minimum atomic E-state index is -1.04. The van der Waals surface area contributed by atoms with E-state index in [4.69, 9.17) is 16.7 Å². The molecule has 8 N–H and O–H groups in total. The fraction of sp³-hybridized carbons (Fsp3) is 0.300. The van der Waals surface area contributed by atoms with Crippen LogP contribution in [0.3, 0.4) is 0 Å². The molecular formula is C20H27N5O3. The Morgan fingerprint density at radius 3 is 2.39 bits per heavy atom. The maximum atomic E-state index is 12.4. The van der Waals surface area contributed by atoms with Crippen LogP contribution in [0, 0.1) is 0 Å². The van der Waals surface area contributed by atoms with E-state index in [0.717, 1.165) is 23.2 Å². The molecule has 0 radical (unpaired) electrons. The molecule has 8 nitrogen and oxygen atoms in total. The Kier molecular flexibility index (Phi) is 8.09. The number of rotatable bonds is 9. The first kappa shape index (κ1) is 21.5. The fourth-order valence-corrected chi connectivity index (χ4v) is 2.81. The van der Waals surface area contributed by atoms with E-state index in [9.17, 15) is 9.59 Å². The molecule has 2 atom stereocenters. The summed E-state index contributed by atoms with van der Waals surface area (Å²) in [5.74, 6) is -1.21. The SMILES string of the molecule is C[C@@H](N)[C@H](NC(=O)c1ccc(-c2ccccc2CNCCN)cc1)C(=O)NO. The van der Waals surface area contributed by atoms with E-state index in [0.29, 0.717) is 18.7 Å². The molecule has 0 aromatic heterocycles. The summed E-state index contributed by atoms with van der Waals surface area (Å²) in [4.78, 5) is 24.1. The Morgan fingerprint density at radius 2 is 1.79 bits per heavy atom. The van der Waals surface area contributed by atoms with E-state index < -0.39 is 23.9 Å². The lowest BCUT2D eigenvalue weighted by molar-refractivity contribution is -0.131. The van der Waals surface area contributed by atoms with Crippen molar-refractivity contribution < 1.29 is 14.8 Å². The number of benzene rings is 2.